The molecule has 0 radical (unpaired) electrons. The largest absolute Gasteiger partial charge is 0.390 e. The average molecular weight is 308 g/mol. The molecule has 2 nitrogen and oxygen atoms in total. The van der Waals surface area contributed by atoms with E-state index in [1.54, 1.807) is 0 Å². The van der Waals surface area contributed by atoms with Crippen LogP contribution in [0.25, 0.3) is 0 Å². The maximum atomic E-state index is 15.0. The van der Waals surface area contributed by atoms with E-state index in [0.29, 0.717) is 17.3 Å². The minimum atomic E-state index is -1.03. The topological polar surface area (TPSA) is 40.5 Å². The molecule has 4 rings (SSSR count). The van der Waals surface area contributed by atoms with E-state index >= 15 is 4.39 Å². The highest BCUT2D eigenvalue weighted by Gasteiger charge is 2.60. The molecule has 4 aliphatic carbocycles. The summed E-state index contributed by atoms with van der Waals surface area (Å²) in [7, 11) is 0. The summed E-state index contributed by atoms with van der Waals surface area (Å²) in [5, 5.41) is 20.4. The fraction of sp³-hybridized carbons (Fsp3) is 0.895. The van der Waals surface area contributed by atoms with Crippen LogP contribution in [0.4, 0.5) is 4.39 Å². The van der Waals surface area contributed by atoms with Crippen LogP contribution in [0, 0.1) is 28.6 Å². The predicted octanol–water partition coefficient (Wildman–Crippen LogP) is 3.62. The molecule has 0 amide bonds. The van der Waals surface area contributed by atoms with E-state index in [-0.39, 0.29) is 6.42 Å². The molecular weight excluding hydrogens is 279 g/mol. The maximum absolute atomic E-state index is 15.0. The third-order valence-corrected chi connectivity index (χ3v) is 8.00. The first-order valence-electron chi connectivity index (χ1n) is 9.08. The van der Waals surface area contributed by atoms with Crippen LogP contribution in [-0.2, 0) is 0 Å². The first kappa shape index (κ1) is 15.1. The van der Waals surface area contributed by atoms with E-state index in [1.807, 2.05) is 6.92 Å². The van der Waals surface area contributed by atoms with Gasteiger partial charge in [-0.1, -0.05) is 26.3 Å². The third-order valence-electron chi connectivity index (χ3n) is 8.00. The zero-order chi connectivity index (χ0) is 15.7. The van der Waals surface area contributed by atoms with Crippen molar-refractivity contribution in [2.75, 3.05) is 0 Å². The smallest absolute Gasteiger partial charge is 0.112 e. The van der Waals surface area contributed by atoms with Crippen LogP contribution in [0.1, 0.15) is 58.8 Å². The molecule has 0 spiro atoms. The van der Waals surface area contributed by atoms with E-state index in [0.717, 1.165) is 24.3 Å². The minimum absolute atomic E-state index is 0.0835. The number of rotatable bonds is 0. The molecule has 0 aromatic rings. The molecule has 0 heterocycles. The van der Waals surface area contributed by atoms with Crippen molar-refractivity contribution in [2.24, 2.45) is 28.6 Å². The molecule has 0 aromatic heterocycles. The van der Waals surface area contributed by atoms with Crippen molar-refractivity contribution in [2.45, 2.75) is 77.2 Å². The standard InChI is InChI=1S/C19H29FO2/c1-18-8-3-4-12(18)11-5-6-14-17(22)15(21)10-16(20)19(14,2)13(11)7-9-18/h6,11-13,15-17,21-22H,3-5,7-10H2,1-2H3/t11-,12-,13+,15?,16?,17?,18-,19+/m0/s1. The predicted molar refractivity (Wildman–Crippen MR) is 84.0 cm³/mol. The van der Waals surface area contributed by atoms with Crippen molar-refractivity contribution < 1.29 is 14.6 Å². The lowest BCUT2D eigenvalue weighted by molar-refractivity contribution is -0.104. The van der Waals surface area contributed by atoms with E-state index in [9.17, 15) is 10.2 Å². The highest BCUT2D eigenvalue weighted by atomic mass is 19.1. The van der Waals surface area contributed by atoms with Crippen molar-refractivity contribution in [3.05, 3.63) is 11.6 Å². The Hall–Kier alpha value is -0.410. The number of fused-ring (bicyclic) bond motifs is 5. The van der Waals surface area contributed by atoms with Gasteiger partial charge in [-0.15, -0.1) is 0 Å². The number of aliphatic hydroxyl groups is 2. The van der Waals surface area contributed by atoms with Gasteiger partial charge in [-0.25, -0.2) is 4.39 Å². The average Bonchev–Trinajstić information content (AvgIpc) is 2.87. The lowest BCUT2D eigenvalue weighted by atomic mass is 9.47. The van der Waals surface area contributed by atoms with Crippen LogP contribution < -0.4 is 0 Å². The van der Waals surface area contributed by atoms with Crippen LogP contribution in [0.2, 0.25) is 0 Å². The molecule has 3 fully saturated rings. The number of alkyl halides is 1. The molecular formula is C19H29FO2. The SMILES string of the molecule is C[C@@]12CCC[C@H]1[C@@H]1CC=C3C(O)C(O)CC(F)[C@]3(C)[C@@H]1CC2. The highest BCUT2D eigenvalue weighted by molar-refractivity contribution is 5.31. The van der Waals surface area contributed by atoms with Gasteiger partial charge in [-0.05, 0) is 60.8 Å². The Morgan fingerprint density at radius 1 is 1.14 bits per heavy atom. The Morgan fingerprint density at radius 3 is 2.68 bits per heavy atom. The summed E-state index contributed by atoms with van der Waals surface area (Å²) in [4.78, 5) is 0. The highest BCUT2D eigenvalue weighted by Crippen LogP contribution is 2.65. The van der Waals surface area contributed by atoms with Gasteiger partial charge >= 0.3 is 0 Å². The van der Waals surface area contributed by atoms with Gasteiger partial charge in [0.05, 0.1) is 6.10 Å². The summed E-state index contributed by atoms with van der Waals surface area (Å²) in [5.74, 6) is 1.62. The van der Waals surface area contributed by atoms with Gasteiger partial charge in [0.25, 0.3) is 0 Å². The fourth-order valence-corrected chi connectivity index (χ4v) is 6.70. The van der Waals surface area contributed by atoms with Gasteiger partial charge in [0.1, 0.15) is 12.3 Å². The second-order valence-electron chi connectivity index (χ2n) is 8.86. The van der Waals surface area contributed by atoms with E-state index in [1.165, 1.54) is 25.7 Å². The zero-order valence-corrected chi connectivity index (χ0v) is 13.8. The van der Waals surface area contributed by atoms with Crippen molar-refractivity contribution >= 4 is 0 Å². The van der Waals surface area contributed by atoms with Crippen LogP contribution in [0.3, 0.4) is 0 Å². The number of hydrogen-bond acceptors (Lipinski definition) is 2. The lowest BCUT2D eigenvalue weighted by Gasteiger charge is -2.58. The Morgan fingerprint density at radius 2 is 1.91 bits per heavy atom. The Kier molecular flexibility index (Phi) is 3.30. The normalized spacial score (nSPS) is 57.6. The second kappa shape index (κ2) is 4.80. The van der Waals surface area contributed by atoms with Gasteiger partial charge in [-0.3, -0.25) is 0 Å². The molecule has 3 saturated carbocycles. The van der Waals surface area contributed by atoms with Gasteiger partial charge < -0.3 is 10.2 Å². The third kappa shape index (κ3) is 1.78. The number of allylic oxidation sites excluding steroid dienone is 1. The molecule has 8 atom stereocenters. The Balaban J connectivity index is 1.74. The van der Waals surface area contributed by atoms with E-state index in [2.05, 4.69) is 13.0 Å². The summed E-state index contributed by atoms with van der Waals surface area (Å²) < 4.78 is 15.0. The minimum Gasteiger partial charge on any atom is -0.390 e. The molecule has 0 bridgehead atoms. The van der Waals surface area contributed by atoms with Crippen LogP contribution in [-0.4, -0.2) is 28.6 Å². The lowest BCUT2D eigenvalue weighted by Crippen LogP contribution is -2.57. The molecule has 3 unspecified atom stereocenters. The van der Waals surface area contributed by atoms with Crippen LogP contribution >= 0.6 is 0 Å². The van der Waals surface area contributed by atoms with Gasteiger partial charge in [-0.2, -0.15) is 0 Å². The Labute approximate surface area is 132 Å². The van der Waals surface area contributed by atoms with Crippen molar-refractivity contribution in [1.29, 1.82) is 0 Å². The van der Waals surface area contributed by atoms with Gasteiger partial charge in [0, 0.05) is 11.8 Å². The molecule has 0 saturated heterocycles. The second-order valence-corrected chi connectivity index (χ2v) is 8.86. The number of aliphatic hydroxyl groups excluding tert-OH is 2. The van der Waals surface area contributed by atoms with Crippen LogP contribution in [0.15, 0.2) is 11.6 Å². The molecule has 0 aliphatic heterocycles. The number of halogens is 1. The van der Waals surface area contributed by atoms with E-state index < -0.39 is 23.8 Å². The summed E-state index contributed by atoms with van der Waals surface area (Å²) in [6.07, 6.45) is 6.52. The van der Waals surface area contributed by atoms with Crippen LogP contribution in [0.5, 0.6) is 0 Å². The molecule has 4 aliphatic rings. The molecule has 124 valence electrons. The van der Waals surface area contributed by atoms with Gasteiger partial charge in [0.2, 0.25) is 0 Å². The molecule has 3 heteroatoms. The van der Waals surface area contributed by atoms with Gasteiger partial charge in [0.15, 0.2) is 0 Å². The molecule has 22 heavy (non-hydrogen) atoms. The summed E-state index contributed by atoms with van der Waals surface area (Å²) >= 11 is 0. The summed E-state index contributed by atoms with van der Waals surface area (Å²) in [6, 6.07) is 0. The fourth-order valence-electron chi connectivity index (χ4n) is 6.70. The molecule has 0 aromatic carbocycles. The van der Waals surface area contributed by atoms with Crippen molar-refractivity contribution in [3.8, 4) is 0 Å². The number of hydrogen-bond donors (Lipinski definition) is 2. The molecule has 2 N–H and O–H groups in total. The summed E-state index contributed by atoms with van der Waals surface area (Å²) in [5.41, 5.74) is 0.689. The monoisotopic (exact) mass is 308 g/mol. The first-order chi connectivity index (χ1) is 10.4. The maximum Gasteiger partial charge on any atom is 0.112 e. The first-order valence-corrected chi connectivity index (χ1v) is 9.08. The van der Waals surface area contributed by atoms with Crippen molar-refractivity contribution in [3.63, 3.8) is 0 Å². The Bertz CT molecular complexity index is 504. The van der Waals surface area contributed by atoms with Crippen molar-refractivity contribution in [1.82, 2.24) is 0 Å². The van der Waals surface area contributed by atoms with E-state index in [4.69, 9.17) is 0 Å². The quantitative estimate of drug-likeness (QED) is 0.671. The zero-order valence-electron chi connectivity index (χ0n) is 13.8. The summed E-state index contributed by atoms with van der Waals surface area (Å²) in [6.45, 7) is 4.46.